The van der Waals surface area contributed by atoms with Crippen LogP contribution in [0.25, 0.3) is 0 Å². The van der Waals surface area contributed by atoms with Crippen LogP contribution in [-0.4, -0.2) is 64.2 Å². The molecule has 1 atom stereocenters. The summed E-state index contributed by atoms with van der Waals surface area (Å²) in [7, 11) is -0.491. The Hall–Kier alpha value is -3.27. The summed E-state index contributed by atoms with van der Waals surface area (Å²) in [5.74, 6) is 0.800. The maximum Gasteiger partial charge on any atom is 0.243 e. The fourth-order valence-corrected chi connectivity index (χ4v) is 4.95. The van der Waals surface area contributed by atoms with Crippen LogP contribution in [0.3, 0.4) is 0 Å². The number of carbonyl (C=O) groups excluding carboxylic acids is 2. The molecule has 0 aliphatic heterocycles. The van der Waals surface area contributed by atoms with Crippen LogP contribution in [0, 0.1) is 0 Å². The quantitative estimate of drug-likeness (QED) is 0.398. The lowest BCUT2D eigenvalue weighted by Gasteiger charge is -2.31. The first kappa shape index (κ1) is 30.0. The molecule has 0 bridgehead atoms. The summed E-state index contributed by atoms with van der Waals surface area (Å²) in [6.45, 7) is 5.98. The van der Waals surface area contributed by atoms with E-state index in [9.17, 15) is 18.0 Å². The third-order valence-corrected chi connectivity index (χ3v) is 7.02. The summed E-state index contributed by atoms with van der Waals surface area (Å²) in [6.07, 6.45) is 1.94. The number of sulfonamides is 1. The van der Waals surface area contributed by atoms with E-state index in [1.807, 2.05) is 45.0 Å². The Morgan fingerprint density at radius 1 is 1.00 bits per heavy atom. The number of benzene rings is 2. The Balaban J connectivity index is 2.23. The van der Waals surface area contributed by atoms with Gasteiger partial charge in [0, 0.05) is 31.6 Å². The van der Waals surface area contributed by atoms with Crippen molar-refractivity contribution in [3.05, 3.63) is 54.1 Å². The molecule has 2 rings (SSSR count). The molecule has 2 aromatic rings. The van der Waals surface area contributed by atoms with Gasteiger partial charge in [0.2, 0.25) is 21.8 Å². The molecule has 37 heavy (non-hydrogen) atoms. The summed E-state index contributed by atoms with van der Waals surface area (Å²) in [5, 5.41) is 2.91. The smallest absolute Gasteiger partial charge is 0.243 e. The number of nitrogens with zero attached hydrogens (tertiary/aromatic N) is 2. The Morgan fingerprint density at radius 3 is 2.19 bits per heavy atom. The minimum absolute atomic E-state index is 0.0642. The van der Waals surface area contributed by atoms with E-state index in [-0.39, 0.29) is 43.8 Å². The highest BCUT2D eigenvalue weighted by molar-refractivity contribution is 7.92. The van der Waals surface area contributed by atoms with Gasteiger partial charge in [-0.2, -0.15) is 0 Å². The van der Waals surface area contributed by atoms with Crippen molar-refractivity contribution in [1.82, 2.24) is 10.2 Å². The first-order valence-corrected chi connectivity index (χ1v) is 14.2. The maximum atomic E-state index is 13.5. The number of carbonyl (C=O) groups is 2. The molecule has 0 spiro atoms. The summed E-state index contributed by atoms with van der Waals surface area (Å²) >= 11 is 0. The molecule has 0 saturated heterocycles. The fraction of sp³-hybridized carbons (Fsp3) is 0.481. The molecule has 0 aliphatic rings. The summed E-state index contributed by atoms with van der Waals surface area (Å²) < 4.78 is 36.7. The molecule has 1 N–H and O–H groups in total. The van der Waals surface area contributed by atoms with Gasteiger partial charge in [-0.25, -0.2) is 8.42 Å². The van der Waals surface area contributed by atoms with E-state index in [1.165, 1.54) is 11.4 Å². The zero-order valence-corrected chi connectivity index (χ0v) is 23.4. The number of ether oxygens (including phenoxy) is 2. The molecule has 0 radical (unpaired) electrons. The molecule has 0 aliphatic carbocycles. The molecule has 2 amide bonds. The van der Waals surface area contributed by atoms with E-state index in [0.717, 1.165) is 11.8 Å². The van der Waals surface area contributed by atoms with Crippen molar-refractivity contribution in [1.29, 1.82) is 0 Å². The zero-order chi connectivity index (χ0) is 27.6. The lowest BCUT2D eigenvalue weighted by atomic mass is 10.1. The van der Waals surface area contributed by atoms with Crippen molar-refractivity contribution in [2.75, 3.05) is 31.3 Å². The maximum absolute atomic E-state index is 13.5. The first-order valence-electron chi connectivity index (χ1n) is 12.3. The van der Waals surface area contributed by atoms with Gasteiger partial charge >= 0.3 is 0 Å². The van der Waals surface area contributed by atoms with Gasteiger partial charge in [0.25, 0.3) is 0 Å². The number of anilines is 1. The van der Waals surface area contributed by atoms with E-state index in [2.05, 4.69) is 5.32 Å². The number of hydrogen-bond donors (Lipinski definition) is 1. The van der Waals surface area contributed by atoms with E-state index >= 15 is 0 Å². The Labute approximate surface area is 220 Å². The van der Waals surface area contributed by atoms with E-state index in [1.54, 1.807) is 36.3 Å². The number of methoxy groups -OCH3 is 2. The van der Waals surface area contributed by atoms with Crippen LogP contribution in [-0.2, 0) is 26.2 Å². The fourth-order valence-electron chi connectivity index (χ4n) is 4.00. The lowest BCUT2D eigenvalue weighted by Crippen LogP contribution is -2.50. The van der Waals surface area contributed by atoms with Gasteiger partial charge in [0.1, 0.15) is 17.5 Å². The summed E-state index contributed by atoms with van der Waals surface area (Å²) in [4.78, 5) is 28.0. The predicted molar refractivity (Wildman–Crippen MR) is 145 cm³/mol. The van der Waals surface area contributed by atoms with Crippen molar-refractivity contribution < 1.29 is 27.5 Å². The number of amides is 2. The molecule has 204 valence electrons. The molecule has 9 nitrogen and oxygen atoms in total. The molecule has 0 heterocycles. The molecular weight excluding hydrogens is 494 g/mol. The van der Waals surface area contributed by atoms with E-state index in [4.69, 9.17) is 9.47 Å². The number of nitrogens with one attached hydrogen (secondary N) is 1. The van der Waals surface area contributed by atoms with Crippen molar-refractivity contribution in [2.24, 2.45) is 0 Å². The second kappa shape index (κ2) is 13.9. The third kappa shape index (κ3) is 8.96. The standard InChI is InChI=1S/C27H39N3O6S/c1-7-25(27(32)28-20(2)3)29(19-21-13-15-23(35-4)16-14-21)26(31)12-9-17-30(37(6,33)34)22-10-8-11-24(18-22)36-5/h8,10-11,13-16,18,20,25H,7,9,12,17,19H2,1-6H3,(H,28,32)/t25-/m0/s1. The Kier molecular flexibility index (Phi) is 11.2. The largest absolute Gasteiger partial charge is 0.497 e. The van der Waals surface area contributed by atoms with Gasteiger partial charge in [-0.1, -0.05) is 25.1 Å². The Morgan fingerprint density at radius 2 is 1.65 bits per heavy atom. The highest BCUT2D eigenvalue weighted by Crippen LogP contribution is 2.24. The van der Waals surface area contributed by atoms with Gasteiger partial charge < -0.3 is 19.7 Å². The molecule has 0 fully saturated rings. The normalized spacial score (nSPS) is 12.1. The summed E-state index contributed by atoms with van der Waals surface area (Å²) in [6, 6.07) is 13.4. The van der Waals surface area contributed by atoms with E-state index in [0.29, 0.717) is 23.6 Å². The second-order valence-electron chi connectivity index (χ2n) is 9.10. The average molecular weight is 534 g/mol. The number of rotatable bonds is 14. The average Bonchev–Trinajstić information content (AvgIpc) is 2.85. The van der Waals surface area contributed by atoms with Crippen molar-refractivity contribution in [2.45, 2.75) is 58.7 Å². The highest BCUT2D eigenvalue weighted by atomic mass is 32.2. The topological polar surface area (TPSA) is 105 Å². The third-order valence-electron chi connectivity index (χ3n) is 5.82. The van der Waals surface area contributed by atoms with Crippen LogP contribution in [0.15, 0.2) is 48.5 Å². The highest BCUT2D eigenvalue weighted by Gasteiger charge is 2.29. The predicted octanol–water partition coefficient (Wildman–Crippen LogP) is 3.58. The van der Waals surface area contributed by atoms with Crippen molar-refractivity contribution in [3.63, 3.8) is 0 Å². The number of hydrogen-bond acceptors (Lipinski definition) is 6. The molecule has 0 unspecified atom stereocenters. The monoisotopic (exact) mass is 533 g/mol. The van der Waals surface area contributed by atoms with Gasteiger partial charge in [0.15, 0.2) is 0 Å². The molecule has 0 saturated carbocycles. The molecular formula is C27H39N3O6S. The van der Waals surface area contributed by atoms with Crippen LogP contribution in [0.4, 0.5) is 5.69 Å². The molecule has 0 aromatic heterocycles. The van der Waals surface area contributed by atoms with Gasteiger partial charge in [-0.05, 0) is 56.5 Å². The van der Waals surface area contributed by atoms with E-state index < -0.39 is 16.1 Å². The molecule has 10 heteroatoms. The SMILES string of the molecule is CC[C@@H](C(=O)NC(C)C)N(Cc1ccc(OC)cc1)C(=O)CCCN(c1cccc(OC)c1)S(C)(=O)=O. The van der Waals surface area contributed by atoms with Crippen molar-refractivity contribution in [3.8, 4) is 11.5 Å². The zero-order valence-electron chi connectivity index (χ0n) is 22.6. The minimum Gasteiger partial charge on any atom is -0.497 e. The lowest BCUT2D eigenvalue weighted by molar-refractivity contribution is -0.141. The van der Waals surface area contributed by atoms with Crippen molar-refractivity contribution >= 4 is 27.5 Å². The molecule has 2 aromatic carbocycles. The van der Waals surface area contributed by atoms with Crippen LogP contribution in [0.5, 0.6) is 11.5 Å². The van der Waals surface area contributed by atoms with Crippen LogP contribution >= 0.6 is 0 Å². The Bertz CT molecular complexity index is 1140. The van der Waals surface area contributed by atoms with Gasteiger partial charge in [-0.3, -0.25) is 13.9 Å². The van der Waals surface area contributed by atoms with Gasteiger partial charge in [-0.15, -0.1) is 0 Å². The second-order valence-corrected chi connectivity index (χ2v) is 11.0. The summed E-state index contributed by atoms with van der Waals surface area (Å²) in [5.41, 5.74) is 1.33. The van der Waals surface area contributed by atoms with Crippen LogP contribution in [0.1, 0.15) is 45.6 Å². The first-order chi connectivity index (χ1) is 17.5. The van der Waals surface area contributed by atoms with Crippen LogP contribution < -0.4 is 19.1 Å². The van der Waals surface area contributed by atoms with Gasteiger partial charge in [0.05, 0.1) is 26.2 Å². The minimum atomic E-state index is -3.59. The van der Waals surface area contributed by atoms with Crippen LogP contribution in [0.2, 0.25) is 0 Å².